The van der Waals surface area contributed by atoms with E-state index in [4.69, 9.17) is 0 Å². The zero-order chi connectivity index (χ0) is 17.8. The molecule has 4 heteroatoms. The Kier molecular flexibility index (Phi) is 4.98. The van der Waals surface area contributed by atoms with Crippen LogP contribution in [0.15, 0.2) is 61.4 Å². The minimum atomic E-state index is -0.0345. The quantitative estimate of drug-likeness (QED) is 0.675. The second-order valence-electron chi connectivity index (χ2n) is 6.27. The van der Waals surface area contributed by atoms with Crippen molar-refractivity contribution in [3.05, 3.63) is 67.0 Å². The van der Waals surface area contributed by atoms with E-state index in [-0.39, 0.29) is 12.5 Å². The molecule has 0 aliphatic heterocycles. The zero-order valence-corrected chi connectivity index (χ0v) is 14.8. The number of anilines is 1. The van der Waals surface area contributed by atoms with Crippen LogP contribution in [-0.2, 0) is 11.3 Å². The highest BCUT2D eigenvalue weighted by atomic mass is 16.1. The van der Waals surface area contributed by atoms with Gasteiger partial charge in [0.1, 0.15) is 0 Å². The summed E-state index contributed by atoms with van der Waals surface area (Å²) >= 11 is 0. The molecule has 0 unspecified atom stereocenters. The molecule has 1 aromatic heterocycles. The molecule has 25 heavy (non-hydrogen) atoms. The Morgan fingerprint density at radius 1 is 1.24 bits per heavy atom. The summed E-state index contributed by atoms with van der Waals surface area (Å²) in [4.78, 5) is 12.6. The maximum absolute atomic E-state index is 12.6. The molecule has 128 valence electrons. The van der Waals surface area contributed by atoms with Crippen molar-refractivity contribution in [3.8, 4) is 0 Å². The smallest absolute Gasteiger partial charge is 0.266 e. The van der Waals surface area contributed by atoms with Gasteiger partial charge in [-0.3, -0.25) is 4.79 Å². The zero-order valence-electron chi connectivity index (χ0n) is 14.8. The van der Waals surface area contributed by atoms with Gasteiger partial charge in [0.05, 0.1) is 6.20 Å². The first-order valence-electron chi connectivity index (χ1n) is 8.64. The van der Waals surface area contributed by atoms with Crippen molar-refractivity contribution in [2.75, 3.05) is 5.32 Å². The third-order valence-electron chi connectivity index (χ3n) is 4.62. The van der Waals surface area contributed by atoms with Gasteiger partial charge in [-0.2, -0.15) is 0 Å². The van der Waals surface area contributed by atoms with Crippen molar-refractivity contribution in [2.24, 2.45) is 0 Å². The minimum absolute atomic E-state index is 0.0345. The van der Waals surface area contributed by atoms with Crippen molar-refractivity contribution in [1.29, 1.82) is 0 Å². The molecular formula is C21H24N3O+. The van der Waals surface area contributed by atoms with Gasteiger partial charge in [-0.25, -0.2) is 9.13 Å². The number of nitrogens with one attached hydrogen (secondary N) is 1. The number of imidazole rings is 1. The maximum atomic E-state index is 12.6. The molecule has 3 aromatic rings. The molecule has 1 atom stereocenters. The molecule has 0 fully saturated rings. The highest BCUT2D eigenvalue weighted by Gasteiger charge is 2.17. The first-order chi connectivity index (χ1) is 12.1. The van der Waals surface area contributed by atoms with Crippen molar-refractivity contribution >= 4 is 28.8 Å². The van der Waals surface area contributed by atoms with Gasteiger partial charge in [0.15, 0.2) is 17.6 Å². The molecule has 1 amide bonds. The Morgan fingerprint density at radius 3 is 2.72 bits per heavy atom. The Labute approximate surface area is 148 Å². The number of aromatic nitrogens is 2. The second-order valence-corrected chi connectivity index (χ2v) is 6.27. The summed E-state index contributed by atoms with van der Waals surface area (Å²) in [5.74, 6) is 0.375. The molecule has 0 spiro atoms. The summed E-state index contributed by atoms with van der Waals surface area (Å²) in [5, 5.41) is 3.07. The second kappa shape index (κ2) is 7.34. The number of fused-ring (bicyclic) bond motifs is 1. The average molecular weight is 334 g/mol. The van der Waals surface area contributed by atoms with E-state index in [9.17, 15) is 4.79 Å². The molecule has 0 radical (unpaired) electrons. The number of nitrogens with zero attached hydrogens (tertiary/aromatic N) is 2. The van der Waals surface area contributed by atoms with Gasteiger partial charge < -0.3 is 5.32 Å². The highest BCUT2D eigenvalue weighted by Crippen LogP contribution is 2.26. The minimum Gasteiger partial charge on any atom is -0.322 e. The van der Waals surface area contributed by atoms with E-state index in [0.717, 1.165) is 23.1 Å². The van der Waals surface area contributed by atoms with E-state index in [1.165, 1.54) is 5.56 Å². The highest BCUT2D eigenvalue weighted by molar-refractivity contribution is 5.91. The van der Waals surface area contributed by atoms with E-state index in [1.807, 2.05) is 57.9 Å². The number of carbonyl (C=O) groups is 1. The van der Waals surface area contributed by atoms with Crippen LogP contribution in [0.3, 0.4) is 0 Å². The molecule has 3 rings (SSSR count). The number of rotatable bonds is 6. The Morgan fingerprint density at radius 2 is 1.96 bits per heavy atom. The Hall–Kier alpha value is -2.88. The number of para-hydroxylation sites is 3. The fraction of sp³-hybridized carbons (Fsp3) is 0.238. The molecule has 4 nitrogen and oxygen atoms in total. The van der Waals surface area contributed by atoms with Crippen LogP contribution in [0.5, 0.6) is 0 Å². The predicted molar refractivity (Wildman–Crippen MR) is 102 cm³/mol. The van der Waals surface area contributed by atoms with Crippen LogP contribution < -0.4 is 9.88 Å². The molecule has 0 saturated carbocycles. The number of amides is 1. The monoisotopic (exact) mass is 334 g/mol. The van der Waals surface area contributed by atoms with Gasteiger partial charge in [0.25, 0.3) is 5.91 Å². The van der Waals surface area contributed by atoms with Gasteiger partial charge >= 0.3 is 0 Å². The van der Waals surface area contributed by atoms with Crippen LogP contribution in [0.25, 0.3) is 17.2 Å². The summed E-state index contributed by atoms with van der Waals surface area (Å²) in [7, 11) is 0. The van der Waals surface area contributed by atoms with Crippen LogP contribution in [0.1, 0.15) is 31.7 Å². The fourth-order valence-corrected chi connectivity index (χ4v) is 3.08. The van der Waals surface area contributed by atoms with Crippen molar-refractivity contribution < 1.29 is 9.36 Å². The van der Waals surface area contributed by atoms with E-state index in [2.05, 4.69) is 31.8 Å². The molecule has 0 aliphatic carbocycles. The molecule has 2 aromatic carbocycles. The molecule has 0 aliphatic rings. The van der Waals surface area contributed by atoms with Gasteiger partial charge in [0, 0.05) is 5.69 Å². The molecule has 1 N–H and O–H groups in total. The third-order valence-corrected chi connectivity index (χ3v) is 4.62. The normalized spacial score (nSPS) is 12.1. The van der Waals surface area contributed by atoms with Gasteiger partial charge in [-0.05, 0) is 36.1 Å². The van der Waals surface area contributed by atoms with Crippen LogP contribution >= 0.6 is 0 Å². The van der Waals surface area contributed by atoms with Crippen molar-refractivity contribution in [1.82, 2.24) is 4.57 Å². The van der Waals surface area contributed by atoms with Crippen molar-refractivity contribution in [3.63, 3.8) is 0 Å². The van der Waals surface area contributed by atoms with Crippen LogP contribution in [0.2, 0.25) is 0 Å². The molecular weight excluding hydrogens is 310 g/mol. The molecule has 0 bridgehead atoms. The van der Waals surface area contributed by atoms with Crippen LogP contribution in [-0.4, -0.2) is 10.5 Å². The number of hydrogen-bond donors (Lipinski definition) is 1. The topological polar surface area (TPSA) is 37.9 Å². The number of carbonyl (C=O) groups excluding carboxylic acids is 1. The van der Waals surface area contributed by atoms with Gasteiger partial charge in [-0.1, -0.05) is 50.8 Å². The SMILES string of the molecule is C=Cn1c[n+](CC(=O)Nc2ccccc2[C@@H](C)CC)c2ccccc21. The lowest BCUT2D eigenvalue weighted by Gasteiger charge is -2.15. The maximum Gasteiger partial charge on any atom is 0.266 e. The lowest BCUT2D eigenvalue weighted by Crippen LogP contribution is -2.39. The number of hydrogen-bond acceptors (Lipinski definition) is 1. The Balaban J connectivity index is 1.84. The molecule has 0 saturated heterocycles. The van der Waals surface area contributed by atoms with Crippen LogP contribution in [0, 0.1) is 0 Å². The first-order valence-corrected chi connectivity index (χ1v) is 8.64. The van der Waals surface area contributed by atoms with E-state index >= 15 is 0 Å². The summed E-state index contributed by atoms with van der Waals surface area (Å²) in [6, 6.07) is 16.0. The third kappa shape index (κ3) is 3.48. The van der Waals surface area contributed by atoms with Gasteiger partial charge in [-0.15, -0.1) is 0 Å². The standard InChI is InChI=1S/C21H23N3O/c1-4-16(3)17-10-6-7-11-18(17)22-21(25)14-24-15-23(5-2)19-12-8-9-13-20(19)24/h5-13,15-16H,2,4,14H2,1,3H3/p+1/t16-/m0/s1. The summed E-state index contributed by atoms with van der Waals surface area (Å²) < 4.78 is 3.87. The fourth-order valence-electron chi connectivity index (χ4n) is 3.08. The van der Waals surface area contributed by atoms with E-state index in [1.54, 1.807) is 6.20 Å². The number of benzene rings is 2. The van der Waals surface area contributed by atoms with Crippen molar-refractivity contribution in [2.45, 2.75) is 32.7 Å². The molecule has 1 heterocycles. The largest absolute Gasteiger partial charge is 0.322 e. The van der Waals surface area contributed by atoms with Crippen LogP contribution in [0.4, 0.5) is 5.69 Å². The average Bonchev–Trinajstić information content (AvgIpc) is 2.99. The lowest BCUT2D eigenvalue weighted by molar-refractivity contribution is -0.658. The predicted octanol–water partition coefficient (Wildman–Crippen LogP) is 4.18. The first kappa shape index (κ1) is 17.0. The van der Waals surface area contributed by atoms with E-state index in [0.29, 0.717) is 5.92 Å². The summed E-state index contributed by atoms with van der Waals surface area (Å²) in [5.41, 5.74) is 4.12. The van der Waals surface area contributed by atoms with Gasteiger partial charge in [0.2, 0.25) is 6.33 Å². The summed E-state index contributed by atoms with van der Waals surface area (Å²) in [6.45, 7) is 8.42. The Bertz CT molecular complexity index is 910. The lowest BCUT2D eigenvalue weighted by atomic mass is 9.97. The summed E-state index contributed by atoms with van der Waals surface area (Å²) in [6.07, 6.45) is 4.68. The van der Waals surface area contributed by atoms with E-state index < -0.39 is 0 Å².